The lowest BCUT2D eigenvalue weighted by Gasteiger charge is -2.09. The predicted molar refractivity (Wildman–Crippen MR) is 67.3 cm³/mol. The van der Waals surface area contributed by atoms with Crippen LogP contribution in [0.3, 0.4) is 0 Å². The third kappa shape index (κ3) is 2.14. The van der Waals surface area contributed by atoms with Gasteiger partial charge in [-0.25, -0.2) is 14.4 Å². The summed E-state index contributed by atoms with van der Waals surface area (Å²) in [6.07, 6.45) is 0. The summed E-state index contributed by atoms with van der Waals surface area (Å²) >= 11 is 5.87. The standard InChI is InChI=1S/C12H10ClFN4/c13-12-17-10-6-15-5-9(10)11(18-12)16-8-3-1-7(14)2-4-8/h1-4,15H,5-6H2,(H,16,17,18). The smallest absolute Gasteiger partial charge is 0.224 e. The van der Waals surface area contributed by atoms with Crippen LogP contribution in [0.2, 0.25) is 5.28 Å². The summed E-state index contributed by atoms with van der Waals surface area (Å²) in [4.78, 5) is 8.33. The number of nitrogens with zero attached hydrogens (tertiary/aromatic N) is 2. The molecule has 6 heteroatoms. The van der Waals surface area contributed by atoms with E-state index in [0.29, 0.717) is 18.9 Å². The molecule has 4 nitrogen and oxygen atoms in total. The molecule has 2 aromatic rings. The molecule has 3 rings (SSSR count). The van der Waals surface area contributed by atoms with Gasteiger partial charge in [0.15, 0.2) is 0 Å². The lowest BCUT2D eigenvalue weighted by Crippen LogP contribution is -2.02. The summed E-state index contributed by atoms with van der Waals surface area (Å²) in [7, 11) is 0. The van der Waals surface area contributed by atoms with E-state index < -0.39 is 0 Å². The van der Waals surface area contributed by atoms with Crippen molar-refractivity contribution in [3.8, 4) is 0 Å². The average molecular weight is 265 g/mol. The van der Waals surface area contributed by atoms with Crippen molar-refractivity contribution in [3.63, 3.8) is 0 Å². The van der Waals surface area contributed by atoms with Crippen molar-refractivity contribution in [3.05, 3.63) is 46.6 Å². The van der Waals surface area contributed by atoms with Gasteiger partial charge >= 0.3 is 0 Å². The van der Waals surface area contributed by atoms with Crippen molar-refractivity contribution in [1.82, 2.24) is 15.3 Å². The molecule has 0 radical (unpaired) electrons. The van der Waals surface area contributed by atoms with Gasteiger partial charge in [0.1, 0.15) is 11.6 Å². The summed E-state index contributed by atoms with van der Waals surface area (Å²) in [5.41, 5.74) is 2.67. The second-order valence-electron chi connectivity index (χ2n) is 4.00. The molecular weight excluding hydrogens is 255 g/mol. The molecule has 0 saturated carbocycles. The Morgan fingerprint density at radius 3 is 2.72 bits per heavy atom. The van der Waals surface area contributed by atoms with Crippen LogP contribution in [0.1, 0.15) is 11.3 Å². The van der Waals surface area contributed by atoms with Gasteiger partial charge in [0.2, 0.25) is 5.28 Å². The quantitative estimate of drug-likeness (QED) is 0.819. The van der Waals surface area contributed by atoms with E-state index in [2.05, 4.69) is 20.6 Å². The fraction of sp³-hybridized carbons (Fsp3) is 0.167. The Kier molecular flexibility index (Phi) is 2.85. The molecule has 2 heterocycles. The van der Waals surface area contributed by atoms with Crippen LogP contribution in [0, 0.1) is 5.82 Å². The summed E-state index contributed by atoms with van der Waals surface area (Å²) < 4.78 is 12.8. The zero-order valence-corrected chi connectivity index (χ0v) is 10.1. The Bertz CT molecular complexity index is 585. The van der Waals surface area contributed by atoms with Crippen LogP contribution < -0.4 is 10.6 Å². The summed E-state index contributed by atoms with van der Waals surface area (Å²) in [5.74, 6) is 0.398. The van der Waals surface area contributed by atoms with E-state index in [4.69, 9.17) is 11.6 Å². The van der Waals surface area contributed by atoms with E-state index in [1.807, 2.05) is 0 Å². The number of benzene rings is 1. The highest BCUT2D eigenvalue weighted by Gasteiger charge is 2.18. The number of nitrogens with one attached hydrogen (secondary N) is 2. The number of anilines is 2. The fourth-order valence-electron chi connectivity index (χ4n) is 1.91. The molecule has 1 aliphatic heterocycles. The molecule has 0 saturated heterocycles. The Balaban J connectivity index is 1.95. The summed E-state index contributed by atoms with van der Waals surface area (Å²) in [5, 5.41) is 6.53. The van der Waals surface area contributed by atoms with E-state index in [9.17, 15) is 4.39 Å². The van der Waals surface area contributed by atoms with Crippen molar-refractivity contribution < 1.29 is 4.39 Å². The molecule has 0 spiro atoms. The first-order valence-corrected chi connectivity index (χ1v) is 5.89. The third-order valence-electron chi connectivity index (χ3n) is 2.77. The van der Waals surface area contributed by atoms with E-state index >= 15 is 0 Å². The zero-order valence-electron chi connectivity index (χ0n) is 9.37. The van der Waals surface area contributed by atoms with Crippen LogP contribution in [0.5, 0.6) is 0 Å². The van der Waals surface area contributed by atoms with Crippen molar-refractivity contribution in [1.29, 1.82) is 0 Å². The number of hydrogen-bond acceptors (Lipinski definition) is 4. The predicted octanol–water partition coefficient (Wildman–Crippen LogP) is 2.62. The van der Waals surface area contributed by atoms with Gasteiger partial charge in [-0.15, -0.1) is 0 Å². The second-order valence-corrected chi connectivity index (χ2v) is 4.34. The number of hydrogen-bond donors (Lipinski definition) is 2. The largest absolute Gasteiger partial charge is 0.340 e. The monoisotopic (exact) mass is 264 g/mol. The van der Waals surface area contributed by atoms with Gasteiger partial charge in [0, 0.05) is 24.3 Å². The lowest BCUT2D eigenvalue weighted by atomic mass is 10.2. The first-order valence-electron chi connectivity index (χ1n) is 5.51. The van der Waals surface area contributed by atoms with Crippen LogP contribution in [-0.2, 0) is 13.1 Å². The van der Waals surface area contributed by atoms with Gasteiger partial charge in [0.05, 0.1) is 5.69 Å². The van der Waals surface area contributed by atoms with Crippen molar-refractivity contribution >= 4 is 23.1 Å². The third-order valence-corrected chi connectivity index (χ3v) is 2.94. The normalized spacial score (nSPS) is 13.4. The molecule has 0 amide bonds. The molecule has 92 valence electrons. The number of rotatable bonds is 2. The first-order chi connectivity index (χ1) is 8.72. The highest BCUT2D eigenvalue weighted by molar-refractivity contribution is 6.28. The van der Waals surface area contributed by atoms with E-state index in [-0.39, 0.29) is 11.1 Å². The van der Waals surface area contributed by atoms with Gasteiger partial charge < -0.3 is 10.6 Å². The number of aromatic nitrogens is 2. The molecule has 0 atom stereocenters. The topological polar surface area (TPSA) is 49.8 Å². The van der Waals surface area contributed by atoms with Crippen LogP contribution in [0.25, 0.3) is 0 Å². The highest BCUT2D eigenvalue weighted by atomic mass is 35.5. The van der Waals surface area contributed by atoms with Crippen LogP contribution in [0.15, 0.2) is 24.3 Å². The molecule has 0 unspecified atom stereocenters. The average Bonchev–Trinajstić information content (AvgIpc) is 2.80. The van der Waals surface area contributed by atoms with Crippen molar-refractivity contribution in [2.24, 2.45) is 0 Å². The van der Waals surface area contributed by atoms with Crippen LogP contribution in [-0.4, -0.2) is 9.97 Å². The van der Waals surface area contributed by atoms with Gasteiger partial charge in [-0.2, -0.15) is 0 Å². The van der Waals surface area contributed by atoms with Crippen molar-refractivity contribution in [2.75, 3.05) is 5.32 Å². The minimum atomic E-state index is -0.270. The molecule has 1 aromatic heterocycles. The van der Waals surface area contributed by atoms with E-state index in [1.54, 1.807) is 12.1 Å². The number of fused-ring (bicyclic) bond motifs is 1. The van der Waals surface area contributed by atoms with Gasteiger partial charge in [-0.05, 0) is 35.9 Å². The molecule has 0 fully saturated rings. The van der Waals surface area contributed by atoms with E-state index in [0.717, 1.165) is 16.9 Å². The Hall–Kier alpha value is -1.72. The SMILES string of the molecule is Fc1ccc(Nc2nc(Cl)nc3c2CNC3)cc1. The Labute approximate surface area is 108 Å². The molecule has 1 aliphatic rings. The minimum Gasteiger partial charge on any atom is -0.340 e. The molecule has 0 aliphatic carbocycles. The van der Waals surface area contributed by atoms with Crippen LogP contribution >= 0.6 is 11.6 Å². The van der Waals surface area contributed by atoms with Crippen molar-refractivity contribution in [2.45, 2.75) is 13.1 Å². The first kappa shape index (κ1) is 11.4. The Morgan fingerprint density at radius 1 is 1.17 bits per heavy atom. The van der Waals surface area contributed by atoms with Gasteiger partial charge in [-0.1, -0.05) is 0 Å². The summed E-state index contributed by atoms with van der Waals surface area (Å²) in [6.45, 7) is 1.39. The second kappa shape index (κ2) is 4.51. The maximum Gasteiger partial charge on any atom is 0.224 e. The van der Waals surface area contributed by atoms with Crippen LogP contribution in [0.4, 0.5) is 15.9 Å². The van der Waals surface area contributed by atoms with Gasteiger partial charge in [-0.3, -0.25) is 0 Å². The fourth-order valence-corrected chi connectivity index (χ4v) is 2.10. The van der Waals surface area contributed by atoms with E-state index in [1.165, 1.54) is 12.1 Å². The lowest BCUT2D eigenvalue weighted by molar-refractivity contribution is 0.628. The summed E-state index contributed by atoms with van der Waals surface area (Å²) in [6, 6.07) is 6.09. The molecule has 1 aromatic carbocycles. The molecule has 0 bridgehead atoms. The molecule has 2 N–H and O–H groups in total. The maximum atomic E-state index is 12.8. The van der Waals surface area contributed by atoms with Gasteiger partial charge in [0.25, 0.3) is 0 Å². The number of halogens is 2. The highest BCUT2D eigenvalue weighted by Crippen LogP contribution is 2.25. The zero-order chi connectivity index (χ0) is 12.5. The minimum absolute atomic E-state index is 0.210. The molecule has 18 heavy (non-hydrogen) atoms. The Morgan fingerprint density at radius 2 is 1.94 bits per heavy atom. The molecular formula is C12H10ClFN4. The maximum absolute atomic E-state index is 12.8.